The summed E-state index contributed by atoms with van der Waals surface area (Å²) in [5.74, 6) is 0.454. The molecule has 0 bridgehead atoms. The van der Waals surface area contributed by atoms with E-state index < -0.39 is 0 Å². The number of carbonyl (C=O) groups is 1. The van der Waals surface area contributed by atoms with Crippen molar-refractivity contribution in [2.75, 3.05) is 6.61 Å². The molecule has 1 amide bonds. The molecule has 0 aliphatic carbocycles. The summed E-state index contributed by atoms with van der Waals surface area (Å²) in [6.07, 6.45) is 3.24. The lowest BCUT2D eigenvalue weighted by Crippen LogP contribution is -2.18. The second-order valence-corrected chi connectivity index (χ2v) is 4.65. The Morgan fingerprint density at radius 2 is 1.95 bits per heavy atom. The number of amides is 1. The first-order valence-electron chi connectivity index (χ1n) is 6.94. The molecule has 2 aromatic carbocycles. The molecular formula is C18H18N2O2. The molecule has 0 atom stereocenters. The van der Waals surface area contributed by atoms with E-state index in [4.69, 9.17) is 4.74 Å². The molecule has 112 valence electrons. The van der Waals surface area contributed by atoms with Crippen LogP contribution in [-0.4, -0.2) is 18.7 Å². The molecule has 0 saturated carbocycles. The lowest BCUT2D eigenvalue weighted by Gasteiger charge is -2.06. The number of para-hydroxylation sites is 1. The zero-order valence-electron chi connectivity index (χ0n) is 12.5. The van der Waals surface area contributed by atoms with Gasteiger partial charge in [0.05, 0.1) is 6.21 Å². The number of hydrazone groups is 1. The van der Waals surface area contributed by atoms with Crippen LogP contribution in [-0.2, 0) is 0 Å². The van der Waals surface area contributed by atoms with Crippen molar-refractivity contribution in [1.29, 1.82) is 0 Å². The van der Waals surface area contributed by atoms with Gasteiger partial charge in [0.25, 0.3) is 5.91 Å². The average Bonchev–Trinajstić information content (AvgIpc) is 2.54. The lowest BCUT2D eigenvalue weighted by molar-refractivity contribution is 0.0954. The molecular weight excluding hydrogens is 276 g/mol. The van der Waals surface area contributed by atoms with Gasteiger partial charge in [-0.05, 0) is 30.7 Å². The third-order valence-corrected chi connectivity index (χ3v) is 3.04. The molecule has 2 aromatic rings. The first kappa shape index (κ1) is 15.5. The van der Waals surface area contributed by atoms with Gasteiger partial charge in [-0.2, -0.15) is 5.10 Å². The fourth-order valence-corrected chi connectivity index (χ4v) is 1.92. The van der Waals surface area contributed by atoms with E-state index in [0.29, 0.717) is 17.9 Å². The Labute approximate surface area is 130 Å². The molecule has 0 unspecified atom stereocenters. The molecule has 0 aliphatic heterocycles. The molecule has 4 nitrogen and oxygen atoms in total. The van der Waals surface area contributed by atoms with Crippen molar-refractivity contribution in [2.24, 2.45) is 5.10 Å². The Hall–Kier alpha value is -2.88. The van der Waals surface area contributed by atoms with Gasteiger partial charge >= 0.3 is 0 Å². The molecule has 0 fully saturated rings. The Balaban J connectivity index is 2.05. The summed E-state index contributed by atoms with van der Waals surface area (Å²) in [7, 11) is 0. The first-order valence-corrected chi connectivity index (χ1v) is 6.94. The maximum atomic E-state index is 12.0. The smallest absolute Gasteiger partial charge is 0.271 e. The van der Waals surface area contributed by atoms with Crippen LogP contribution in [0.15, 0.2) is 66.3 Å². The molecule has 0 aliphatic rings. The summed E-state index contributed by atoms with van der Waals surface area (Å²) in [4.78, 5) is 12.0. The van der Waals surface area contributed by atoms with Gasteiger partial charge < -0.3 is 4.74 Å². The highest BCUT2D eigenvalue weighted by Gasteiger charge is 2.06. The molecule has 0 saturated heterocycles. The summed E-state index contributed by atoms with van der Waals surface area (Å²) in [6.45, 7) is 5.92. The molecule has 2 rings (SSSR count). The molecule has 22 heavy (non-hydrogen) atoms. The Bertz CT molecular complexity index is 693. The van der Waals surface area contributed by atoms with Gasteiger partial charge in [-0.15, -0.1) is 0 Å². The summed E-state index contributed by atoms with van der Waals surface area (Å²) in [6, 6.07) is 14.8. The van der Waals surface area contributed by atoms with E-state index in [0.717, 1.165) is 11.1 Å². The topological polar surface area (TPSA) is 50.7 Å². The minimum atomic E-state index is -0.237. The summed E-state index contributed by atoms with van der Waals surface area (Å²) < 4.78 is 5.53. The van der Waals surface area contributed by atoms with Gasteiger partial charge in [-0.1, -0.05) is 43.0 Å². The number of hydrogen-bond donors (Lipinski definition) is 1. The molecule has 1 N–H and O–H groups in total. The number of ether oxygens (including phenoxy) is 1. The van der Waals surface area contributed by atoms with Crippen LogP contribution in [0.5, 0.6) is 5.75 Å². The van der Waals surface area contributed by atoms with Gasteiger partial charge in [0, 0.05) is 11.1 Å². The number of benzene rings is 2. The zero-order valence-corrected chi connectivity index (χ0v) is 12.5. The van der Waals surface area contributed by atoms with Crippen LogP contribution in [0.4, 0.5) is 0 Å². The number of nitrogens with zero attached hydrogens (tertiary/aromatic N) is 1. The number of aryl methyl sites for hydroxylation is 1. The minimum Gasteiger partial charge on any atom is -0.489 e. The summed E-state index contributed by atoms with van der Waals surface area (Å²) >= 11 is 0. The Morgan fingerprint density at radius 1 is 1.23 bits per heavy atom. The maximum Gasteiger partial charge on any atom is 0.271 e. The van der Waals surface area contributed by atoms with E-state index in [9.17, 15) is 4.79 Å². The molecule has 0 heterocycles. The van der Waals surface area contributed by atoms with Crippen molar-refractivity contribution in [2.45, 2.75) is 6.92 Å². The number of nitrogens with one attached hydrogen (secondary N) is 1. The summed E-state index contributed by atoms with van der Waals surface area (Å²) in [5, 5.41) is 4.00. The SMILES string of the molecule is C=CCOc1ccccc1/C=N/NC(=O)c1ccccc1C. The maximum absolute atomic E-state index is 12.0. The second kappa shape index (κ2) is 7.78. The van der Waals surface area contributed by atoms with Crippen molar-refractivity contribution in [3.63, 3.8) is 0 Å². The molecule has 4 heteroatoms. The van der Waals surface area contributed by atoms with Crippen LogP contribution in [0.25, 0.3) is 0 Å². The predicted octanol–water partition coefficient (Wildman–Crippen LogP) is 3.32. The second-order valence-electron chi connectivity index (χ2n) is 4.65. The van der Waals surface area contributed by atoms with Crippen LogP contribution in [0, 0.1) is 6.92 Å². The highest BCUT2D eigenvalue weighted by atomic mass is 16.5. The van der Waals surface area contributed by atoms with Crippen molar-refractivity contribution in [1.82, 2.24) is 5.43 Å². The van der Waals surface area contributed by atoms with Gasteiger partial charge in [0.1, 0.15) is 12.4 Å². The zero-order chi connectivity index (χ0) is 15.8. The molecule has 0 aromatic heterocycles. The van der Waals surface area contributed by atoms with Crippen molar-refractivity contribution < 1.29 is 9.53 Å². The first-order chi connectivity index (χ1) is 10.7. The molecule has 0 radical (unpaired) electrons. The predicted molar refractivity (Wildman–Crippen MR) is 88.4 cm³/mol. The van der Waals surface area contributed by atoms with E-state index in [1.807, 2.05) is 49.4 Å². The third kappa shape index (κ3) is 4.06. The van der Waals surface area contributed by atoms with Crippen molar-refractivity contribution in [3.05, 3.63) is 77.9 Å². The minimum absolute atomic E-state index is 0.237. The van der Waals surface area contributed by atoms with Crippen LogP contribution in [0.3, 0.4) is 0 Å². The number of hydrogen-bond acceptors (Lipinski definition) is 3. The van der Waals surface area contributed by atoms with Gasteiger partial charge in [-0.3, -0.25) is 4.79 Å². The van der Waals surface area contributed by atoms with Crippen LogP contribution in [0.1, 0.15) is 21.5 Å². The highest BCUT2D eigenvalue weighted by molar-refractivity contribution is 5.96. The Morgan fingerprint density at radius 3 is 2.73 bits per heavy atom. The molecule has 0 spiro atoms. The fourth-order valence-electron chi connectivity index (χ4n) is 1.92. The van der Waals surface area contributed by atoms with E-state index in [-0.39, 0.29) is 5.91 Å². The lowest BCUT2D eigenvalue weighted by atomic mass is 10.1. The number of carbonyl (C=O) groups excluding carboxylic acids is 1. The van der Waals surface area contributed by atoms with Crippen LogP contribution < -0.4 is 10.2 Å². The van der Waals surface area contributed by atoms with E-state index in [1.165, 1.54) is 0 Å². The highest BCUT2D eigenvalue weighted by Crippen LogP contribution is 2.15. The van der Waals surface area contributed by atoms with E-state index >= 15 is 0 Å². The van der Waals surface area contributed by atoms with Gasteiger partial charge in [0.15, 0.2) is 0 Å². The largest absolute Gasteiger partial charge is 0.489 e. The third-order valence-electron chi connectivity index (χ3n) is 3.04. The van der Waals surface area contributed by atoms with Gasteiger partial charge in [-0.25, -0.2) is 5.43 Å². The van der Waals surface area contributed by atoms with Gasteiger partial charge in [0.2, 0.25) is 0 Å². The Kier molecular flexibility index (Phi) is 5.49. The average molecular weight is 294 g/mol. The van der Waals surface area contributed by atoms with E-state index in [2.05, 4.69) is 17.1 Å². The fraction of sp³-hybridized carbons (Fsp3) is 0.111. The standard InChI is InChI=1S/C18H18N2O2/c1-3-12-22-17-11-7-5-9-15(17)13-19-20-18(21)16-10-6-4-8-14(16)2/h3-11,13H,1,12H2,2H3,(H,20,21)/b19-13+. The van der Waals surface area contributed by atoms with Crippen molar-refractivity contribution >= 4 is 12.1 Å². The van der Waals surface area contributed by atoms with Crippen molar-refractivity contribution in [3.8, 4) is 5.75 Å². The van der Waals surface area contributed by atoms with Crippen LogP contribution >= 0.6 is 0 Å². The quantitative estimate of drug-likeness (QED) is 0.505. The van der Waals surface area contributed by atoms with E-state index in [1.54, 1.807) is 18.4 Å². The van der Waals surface area contributed by atoms with Crippen LogP contribution in [0.2, 0.25) is 0 Å². The normalized spacial score (nSPS) is 10.4. The summed E-state index contributed by atoms with van der Waals surface area (Å²) in [5.41, 5.74) is 4.83. The monoisotopic (exact) mass is 294 g/mol. The number of rotatable bonds is 6.